The van der Waals surface area contributed by atoms with Gasteiger partial charge in [-0.1, -0.05) is 0 Å². The first kappa shape index (κ1) is 5.83. The topological polar surface area (TPSA) is 52.5 Å². The minimum absolute atomic E-state index is 0.611. The Hall–Kier alpha value is -1.30. The molecule has 3 heteroatoms. The first-order valence-electron chi connectivity index (χ1n) is 2.58. The Bertz CT molecular complexity index is 207. The van der Waals surface area contributed by atoms with Gasteiger partial charge >= 0.3 is 0 Å². The molecule has 1 rings (SSSR count). The van der Waals surface area contributed by atoms with Gasteiger partial charge in [0.05, 0.1) is 6.07 Å². The zero-order valence-corrected chi connectivity index (χ0v) is 5.05. The molecule has 0 atom stereocenters. The lowest BCUT2D eigenvalue weighted by atomic mass is 10.2. The number of nitriles is 1. The number of rotatable bonds is 1. The van der Waals surface area contributed by atoms with Gasteiger partial charge in [0.15, 0.2) is 0 Å². The van der Waals surface area contributed by atoms with Crippen molar-refractivity contribution >= 4 is 0 Å². The van der Waals surface area contributed by atoms with Crippen molar-refractivity contribution < 1.29 is 0 Å². The predicted molar refractivity (Wildman–Crippen MR) is 32.2 cm³/mol. The van der Waals surface area contributed by atoms with Crippen LogP contribution in [0.1, 0.15) is 12.7 Å². The van der Waals surface area contributed by atoms with Crippen LogP contribution in [0.25, 0.3) is 0 Å². The van der Waals surface area contributed by atoms with E-state index < -0.39 is 0 Å². The molecule has 0 saturated carbocycles. The molecule has 0 aliphatic heterocycles. The number of aromatic amines is 1. The maximum absolute atomic E-state index is 8.36. The number of nitrogens with one attached hydrogen (secondary N) is 1. The highest BCUT2D eigenvalue weighted by atomic mass is 14.9. The van der Waals surface area contributed by atoms with Gasteiger partial charge in [-0.2, -0.15) is 5.26 Å². The fourth-order valence-electron chi connectivity index (χ4n) is 0.523. The number of imidazole rings is 1. The molecule has 0 spiro atoms. The summed E-state index contributed by atoms with van der Waals surface area (Å²) in [7, 11) is 0. The molecule has 0 aliphatic carbocycles. The summed E-state index contributed by atoms with van der Waals surface area (Å²) in [5.41, 5.74) is 0. The molecule has 45 valence electrons. The molecular formula is C6H6N3. The lowest BCUT2D eigenvalue weighted by Crippen LogP contribution is -1.91. The molecule has 1 N–H and O–H groups in total. The van der Waals surface area contributed by atoms with Gasteiger partial charge in [-0.05, 0) is 6.92 Å². The van der Waals surface area contributed by atoms with Crippen molar-refractivity contribution in [1.29, 1.82) is 5.26 Å². The Morgan fingerprint density at radius 1 is 1.89 bits per heavy atom. The standard InChI is InChI=1S/C6H6N3/c1-5(4-7)6-8-2-3-9-6/h2-3H,1H3,(H,8,9). The van der Waals surface area contributed by atoms with Crippen molar-refractivity contribution in [3.8, 4) is 6.07 Å². The van der Waals surface area contributed by atoms with Crippen LogP contribution >= 0.6 is 0 Å². The summed E-state index contributed by atoms with van der Waals surface area (Å²) in [6, 6.07) is 1.99. The van der Waals surface area contributed by atoms with Crippen LogP contribution in [-0.4, -0.2) is 9.97 Å². The lowest BCUT2D eigenvalue weighted by Gasteiger charge is -1.90. The van der Waals surface area contributed by atoms with E-state index in [1.807, 2.05) is 6.07 Å². The third-order valence-corrected chi connectivity index (χ3v) is 1.02. The quantitative estimate of drug-likeness (QED) is 0.598. The van der Waals surface area contributed by atoms with Gasteiger partial charge in [-0.15, -0.1) is 0 Å². The van der Waals surface area contributed by atoms with Crippen LogP contribution in [0.2, 0.25) is 0 Å². The van der Waals surface area contributed by atoms with Gasteiger partial charge in [0.1, 0.15) is 11.7 Å². The molecule has 1 radical (unpaired) electrons. The minimum Gasteiger partial charge on any atom is -0.347 e. The Balaban J connectivity index is 2.80. The van der Waals surface area contributed by atoms with Crippen molar-refractivity contribution in [3.05, 3.63) is 24.1 Å². The van der Waals surface area contributed by atoms with Gasteiger partial charge in [0, 0.05) is 12.4 Å². The highest BCUT2D eigenvalue weighted by molar-refractivity contribution is 5.25. The predicted octanol–water partition coefficient (Wildman–Crippen LogP) is 0.876. The minimum atomic E-state index is 0.611. The normalized spacial score (nSPS) is 9.44. The maximum atomic E-state index is 8.36. The summed E-state index contributed by atoms with van der Waals surface area (Å²) in [5, 5.41) is 8.36. The molecule has 9 heavy (non-hydrogen) atoms. The molecule has 0 amide bonds. The third kappa shape index (κ3) is 1.08. The van der Waals surface area contributed by atoms with Crippen LogP contribution in [0.4, 0.5) is 0 Å². The summed E-state index contributed by atoms with van der Waals surface area (Å²) in [5.74, 6) is 1.26. The molecule has 0 fully saturated rings. The largest absolute Gasteiger partial charge is 0.347 e. The van der Waals surface area contributed by atoms with E-state index in [0.29, 0.717) is 11.7 Å². The van der Waals surface area contributed by atoms with E-state index in [-0.39, 0.29) is 0 Å². The molecule has 0 unspecified atom stereocenters. The SMILES string of the molecule is C[C](C#N)c1ncc[nH]1. The average molecular weight is 120 g/mol. The van der Waals surface area contributed by atoms with Crippen molar-refractivity contribution in [1.82, 2.24) is 9.97 Å². The molecule has 1 heterocycles. The Morgan fingerprint density at radius 2 is 2.67 bits per heavy atom. The molecule has 0 saturated heterocycles. The number of hydrogen-bond donors (Lipinski definition) is 1. The summed E-state index contributed by atoms with van der Waals surface area (Å²) in [4.78, 5) is 6.69. The van der Waals surface area contributed by atoms with Crippen LogP contribution in [-0.2, 0) is 0 Å². The number of hydrogen-bond acceptors (Lipinski definition) is 2. The maximum Gasteiger partial charge on any atom is 0.137 e. The van der Waals surface area contributed by atoms with Crippen LogP contribution in [0.15, 0.2) is 12.4 Å². The van der Waals surface area contributed by atoms with Crippen molar-refractivity contribution in [3.63, 3.8) is 0 Å². The monoisotopic (exact) mass is 120 g/mol. The lowest BCUT2D eigenvalue weighted by molar-refractivity contribution is 1.08. The first-order valence-corrected chi connectivity index (χ1v) is 2.58. The molecule has 1 aromatic heterocycles. The molecular weight excluding hydrogens is 114 g/mol. The smallest absolute Gasteiger partial charge is 0.137 e. The zero-order chi connectivity index (χ0) is 6.69. The molecule has 0 aromatic carbocycles. The number of H-pyrrole nitrogens is 1. The molecule has 0 aliphatic rings. The summed E-state index contributed by atoms with van der Waals surface area (Å²) >= 11 is 0. The van der Waals surface area contributed by atoms with Crippen LogP contribution in [0.5, 0.6) is 0 Å². The highest BCUT2D eigenvalue weighted by Gasteiger charge is 2.04. The van der Waals surface area contributed by atoms with Gasteiger partial charge in [0.25, 0.3) is 0 Å². The van der Waals surface area contributed by atoms with Crippen molar-refractivity contribution in [2.24, 2.45) is 0 Å². The summed E-state index contributed by atoms with van der Waals surface area (Å²) in [6.45, 7) is 1.72. The van der Waals surface area contributed by atoms with Gasteiger partial charge in [-0.25, -0.2) is 4.98 Å². The Labute approximate surface area is 53.3 Å². The van der Waals surface area contributed by atoms with E-state index in [0.717, 1.165) is 0 Å². The van der Waals surface area contributed by atoms with Gasteiger partial charge in [-0.3, -0.25) is 0 Å². The molecule has 3 nitrogen and oxygen atoms in total. The van der Waals surface area contributed by atoms with Crippen molar-refractivity contribution in [2.75, 3.05) is 0 Å². The molecule has 0 bridgehead atoms. The van der Waals surface area contributed by atoms with Crippen LogP contribution in [0.3, 0.4) is 0 Å². The number of aromatic nitrogens is 2. The highest BCUT2D eigenvalue weighted by Crippen LogP contribution is 2.04. The zero-order valence-electron chi connectivity index (χ0n) is 5.05. The molecule has 1 aromatic rings. The summed E-state index contributed by atoms with van der Waals surface area (Å²) < 4.78 is 0. The van der Waals surface area contributed by atoms with E-state index >= 15 is 0 Å². The second-order valence-corrected chi connectivity index (χ2v) is 1.67. The fourth-order valence-corrected chi connectivity index (χ4v) is 0.523. The summed E-state index contributed by atoms with van der Waals surface area (Å²) in [6.07, 6.45) is 3.31. The Morgan fingerprint density at radius 3 is 3.11 bits per heavy atom. The Kier molecular flexibility index (Phi) is 1.50. The second kappa shape index (κ2) is 2.31. The first-order chi connectivity index (χ1) is 4.34. The van der Waals surface area contributed by atoms with E-state index in [2.05, 4.69) is 9.97 Å². The van der Waals surface area contributed by atoms with Crippen LogP contribution < -0.4 is 0 Å². The average Bonchev–Trinajstić information content (AvgIpc) is 2.37. The van der Waals surface area contributed by atoms with Gasteiger partial charge < -0.3 is 4.98 Å². The fraction of sp³-hybridized carbons (Fsp3) is 0.167. The van der Waals surface area contributed by atoms with E-state index in [1.165, 1.54) is 0 Å². The third-order valence-electron chi connectivity index (χ3n) is 1.02. The number of nitrogens with zero attached hydrogens (tertiary/aromatic N) is 2. The van der Waals surface area contributed by atoms with E-state index in [1.54, 1.807) is 19.3 Å². The van der Waals surface area contributed by atoms with E-state index in [4.69, 9.17) is 5.26 Å². The van der Waals surface area contributed by atoms with Crippen molar-refractivity contribution in [2.45, 2.75) is 6.92 Å². The van der Waals surface area contributed by atoms with Gasteiger partial charge in [0.2, 0.25) is 0 Å². The second-order valence-electron chi connectivity index (χ2n) is 1.67. The van der Waals surface area contributed by atoms with Crippen LogP contribution in [0, 0.1) is 17.2 Å². The van der Waals surface area contributed by atoms with E-state index in [9.17, 15) is 0 Å².